The molecule has 2 heterocycles. The van der Waals surface area contributed by atoms with Crippen LogP contribution in [0, 0.1) is 12.8 Å². The summed E-state index contributed by atoms with van der Waals surface area (Å²) in [4.78, 5) is 14.0. The number of para-hydroxylation sites is 1. The van der Waals surface area contributed by atoms with Crippen molar-refractivity contribution in [2.45, 2.75) is 27.7 Å². The SMILES string of the molecule is C/C(=N\NC(=O)c1cc2c(C)nn(-c3ccccc3)c2s1)C(C)C. The predicted octanol–water partition coefficient (Wildman–Crippen LogP) is 4.16. The Morgan fingerprint density at radius 2 is 2.00 bits per heavy atom. The summed E-state index contributed by atoms with van der Waals surface area (Å²) in [5.74, 6) is 0.122. The Balaban J connectivity index is 1.95. The molecule has 1 aromatic carbocycles. The summed E-state index contributed by atoms with van der Waals surface area (Å²) in [6.07, 6.45) is 0. The number of aryl methyl sites for hydroxylation is 1. The fourth-order valence-electron chi connectivity index (χ4n) is 2.23. The second-order valence-corrected chi connectivity index (χ2v) is 7.04. The molecule has 2 aromatic heterocycles. The van der Waals surface area contributed by atoms with Crippen LogP contribution in [-0.2, 0) is 0 Å². The standard InChI is InChI=1S/C18H20N4OS/c1-11(2)12(3)19-20-17(23)16-10-15-13(4)21-22(18(15)24-16)14-8-6-5-7-9-14/h5-11H,1-4H3,(H,20,23)/b19-12+. The summed E-state index contributed by atoms with van der Waals surface area (Å²) >= 11 is 1.43. The van der Waals surface area contributed by atoms with Crippen LogP contribution >= 0.6 is 11.3 Å². The van der Waals surface area contributed by atoms with E-state index in [-0.39, 0.29) is 5.91 Å². The molecule has 0 radical (unpaired) electrons. The zero-order chi connectivity index (χ0) is 17.3. The smallest absolute Gasteiger partial charge is 0.266 e. The third kappa shape index (κ3) is 3.10. The number of hydrazone groups is 1. The highest BCUT2D eigenvalue weighted by Gasteiger charge is 2.17. The molecule has 0 aliphatic heterocycles. The summed E-state index contributed by atoms with van der Waals surface area (Å²) in [6.45, 7) is 7.95. The van der Waals surface area contributed by atoms with Gasteiger partial charge in [-0.3, -0.25) is 4.79 Å². The molecule has 0 saturated carbocycles. The maximum Gasteiger partial charge on any atom is 0.281 e. The van der Waals surface area contributed by atoms with E-state index >= 15 is 0 Å². The number of nitrogens with zero attached hydrogens (tertiary/aromatic N) is 3. The first-order valence-corrected chi connectivity index (χ1v) is 8.68. The van der Waals surface area contributed by atoms with E-state index in [4.69, 9.17) is 0 Å². The monoisotopic (exact) mass is 340 g/mol. The van der Waals surface area contributed by atoms with E-state index < -0.39 is 0 Å². The minimum absolute atomic E-state index is 0.185. The minimum atomic E-state index is -0.185. The number of carbonyl (C=O) groups is 1. The van der Waals surface area contributed by atoms with Gasteiger partial charge in [-0.15, -0.1) is 11.3 Å². The van der Waals surface area contributed by atoms with Gasteiger partial charge in [0.2, 0.25) is 0 Å². The first-order valence-electron chi connectivity index (χ1n) is 7.86. The van der Waals surface area contributed by atoms with Gasteiger partial charge in [-0.25, -0.2) is 10.1 Å². The summed E-state index contributed by atoms with van der Waals surface area (Å²) in [7, 11) is 0. The van der Waals surface area contributed by atoms with E-state index in [1.807, 2.05) is 68.8 Å². The maximum absolute atomic E-state index is 12.4. The molecule has 124 valence electrons. The highest BCUT2D eigenvalue weighted by molar-refractivity contribution is 7.20. The van der Waals surface area contributed by atoms with Crippen LogP contribution in [0.4, 0.5) is 0 Å². The lowest BCUT2D eigenvalue weighted by Crippen LogP contribution is -2.19. The van der Waals surface area contributed by atoms with Crippen molar-refractivity contribution in [3.8, 4) is 5.69 Å². The minimum Gasteiger partial charge on any atom is -0.266 e. The van der Waals surface area contributed by atoms with Crippen molar-refractivity contribution in [2.75, 3.05) is 0 Å². The zero-order valence-electron chi connectivity index (χ0n) is 14.2. The molecular formula is C18H20N4OS. The largest absolute Gasteiger partial charge is 0.281 e. The van der Waals surface area contributed by atoms with Gasteiger partial charge >= 0.3 is 0 Å². The van der Waals surface area contributed by atoms with Crippen LogP contribution in [0.1, 0.15) is 36.1 Å². The summed E-state index contributed by atoms with van der Waals surface area (Å²) in [5, 5.41) is 9.74. The van der Waals surface area contributed by atoms with Crippen LogP contribution in [0.25, 0.3) is 15.9 Å². The fraction of sp³-hybridized carbons (Fsp3) is 0.278. The summed E-state index contributed by atoms with van der Waals surface area (Å²) < 4.78 is 1.88. The predicted molar refractivity (Wildman–Crippen MR) is 99.1 cm³/mol. The molecule has 0 aliphatic rings. The van der Waals surface area contributed by atoms with Crippen molar-refractivity contribution >= 4 is 33.2 Å². The lowest BCUT2D eigenvalue weighted by atomic mass is 10.1. The number of amides is 1. The van der Waals surface area contributed by atoms with Gasteiger partial charge in [-0.2, -0.15) is 10.2 Å². The number of hydrogen-bond donors (Lipinski definition) is 1. The van der Waals surface area contributed by atoms with Gasteiger partial charge in [0.15, 0.2) is 0 Å². The number of benzene rings is 1. The average molecular weight is 340 g/mol. The average Bonchev–Trinajstić information content (AvgIpc) is 3.14. The quantitative estimate of drug-likeness (QED) is 0.573. The van der Waals surface area contributed by atoms with Crippen molar-refractivity contribution in [3.63, 3.8) is 0 Å². The Hall–Kier alpha value is -2.47. The lowest BCUT2D eigenvalue weighted by Gasteiger charge is -2.04. The molecule has 0 fully saturated rings. The van der Waals surface area contributed by atoms with Gasteiger partial charge in [0.25, 0.3) is 5.91 Å². The topological polar surface area (TPSA) is 59.3 Å². The van der Waals surface area contributed by atoms with Crippen molar-refractivity contribution in [1.29, 1.82) is 0 Å². The highest BCUT2D eigenvalue weighted by Crippen LogP contribution is 2.30. The molecule has 3 rings (SSSR count). The molecule has 0 atom stereocenters. The number of carbonyl (C=O) groups excluding carboxylic acids is 1. The van der Waals surface area contributed by atoms with Gasteiger partial charge in [-0.05, 0) is 38.0 Å². The number of hydrogen-bond acceptors (Lipinski definition) is 4. The summed E-state index contributed by atoms with van der Waals surface area (Å²) in [6, 6.07) is 11.8. The third-order valence-corrected chi connectivity index (χ3v) is 5.05. The maximum atomic E-state index is 12.4. The van der Waals surface area contributed by atoms with Gasteiger partial charge < -0.3 is 0 Å². The Labute approximate surface area is 145 Å². The molecule has 6 heteroatoms. The van der Waals surface area contributed by atoms with Crippen LogP contribution < -0.4 is 5.43 Å². The molecule has 0 aliphatic carbocycles. The molecule has 0 saturated heterocycles. The zero-order valence-corrected chi connectivity index (χ0v) is 15.0. The van der Waals surface area contributed by atoms with E-state index in [0.717, 1.165) is 27.3 Å². The molecule has 5 nitrogen and oxygen atoms in total. The van der Waals surface area contributed by atoms with E-state index in [1.165, 1.54) is 11.3 Å². The Bertz CT molecular complexity index is 906. The number of thiophene rings is 1. The number of nitrogens with one attached hydrogen (secondary N) is 1. The Morgan fingerprint density at radius 1 is 1.29 bits per heavy atom. The highest BCUT2D eigenvalue weighted by atomic mass is 32.1. The first kappa shape index (κ1) is 16.4. The van der Waals surface area contributed by atoms with Gasteiger partial charge in [-0.1, -0.05) is 32.0 Å². The number of aromatic nitrogens is 2. The third-order valence-electron chi connectivity index (χ3n) is 3.94. The molecule has 0 bridgehead atoms. The van der Waals surface area contributed by atoms with Gasteiger partial charge in [0, 0.05) is 11.1 Å². The van der Waals surface area contributed by atoms with Crippen LogP contribution in [0.3, 0.4) is 0 Å². The summed E-state index contributed by atoms with van der Waals surface area (Å²) in [5.41, 5.74) is 5.43. The molecule has 0 unspecified atom stereocenters. The fourth-order valence-corrected chi connectivity index (χ4v) is 3.30. The second kappa shape index (κ2) is 6.57. The lowest BCUT2D eigenvalue weighted by molar-refractivity contribution is 0.0958. The van der Waals surface area contributed by atoms with Crippen LogP contribution in [-0.4, -0.2) is 21.4 Å². The van der Waals surface area contributed by atoms with E-state index in [2.05, 4.69) is 15.6 Å². The van der Waals surface area contributed by atoms with E-state index in [9.17, 15) is 4.79 Å². The van der Waals surface area contributed by atoms with E-state index in [1.54, 1.807) is 0 Å². The Kier molecular flexibility index (Phi) is 4.49. The molecule has 3 aromatic rings. The van der Waals surface area contributed by atoms with E-state index in [0.29, 0.717) is 10.8 Å². The van der Waals surface area contributed by atoms with Crippen LogP contribution in [0.5, 0.6) is 0 Å². The van der Waals surface area contributed by atoms with Crippen molar-refractivity contribution in [3.05, 3.63) is 47.0 Å². The molecule has 0 spiro atoms. The van der Waals surface area contributed by atoms with Crippen molar-refractivity contribution in [1.82, 2.24) is 15.2 Å². The normalized spacial score (nSPS) is 12.1. The number of fused-ring (bicyclic) bond motifs is 1. The van der Waals surface area contributed by atoms with Gasteiger partial charge in [0.1, 0.15) is 4.83 Å². The molecule has 1 amide bonds. The second-order valence-electron chi connectivity index (χ2n) is 6.01. The van der Waals surface area contributed by atoms with Crippen LogP contribution in [0.15, 0.2) is 41.5 Å². The van der Waals surface area contributed by atoms with Gasteiger partial charge in [0.05, 0.1) is 16.3 Å². The molecule has 1 N–H and O–H groups in total. The first-order chi connectivity index (χ1) is 11.5. The van der Waals surface area contributed by atoms with Crippen LogP contribution in [0.2, 0.25) is 0 Å². The van der Waals surface area contributed by atoms with Crippen molar-refractivity contribution < 1.29 is 4.79 Å². The molecule has 24 heavy (non-hydrogen) atoms. The molecular weight excluding hydrogens is 320 g/mol. The van der Waals surface area contributed by atoms with Crippen molar-refractivity contribution in [2.24, 2.45) is 11.0 Å². The number of rotatable bonds is 4. The Morgan fingerprint density at radius 3 is 2.67 bits per heavy atom.